The third kappa shape index (κ3) is 3.73. The van der Waals surface area contributed by atoms with Crippen LogP contribution in [0.15, 0.2) is 65.1 Å². The molecule has 29 heavy (non-hydrogen) atoms. The average molecular weight is 421 g/mol. The van der Waals surface area contributed by atoms with Crippen molar-refractivity contribution < 1.29 is 21.6 Å². The number of rotatable bonds is 3. The molecule has 2 aliphatic rings. The van der Waals surface area contributed by atoms with Crippen molar-refractivity contribution in [2.24, 2.45) is 0 Å². The number of hydrogen-bond acceptors (Lipinski definition) is 2. The molecule has 2 aromatic rings. The number of hydrogen-bond donors (Lipinski definition) is 0. The first kappa shape index (κ1) is 20.2. The van der Waals surface area contributed by atoms with Gasteiger partial charge in [0.15, 0.2) is 0 Å². The summed E-state index contributed by atoms with van der Waals surface area (Å²) in [6.45, 7) is 1.89. The Morgan fingerprint density at radius 3 is 2.24 bits per heavy atom. The van der Waals surface area contributed by atoms with Crippen LogP contribution in [-0.2, 0) is 16.2 Å². The molecule has 7 heteroatoms. The third-order valence-electron chi connectivity index (χ3n) is 5.75. The molecule has 4 rings (SSSR count). The Morgan fingerprint density at radius 2 is 1.62 bits per heavy atom. The van der Waals surface area contributed by atoms with E-state index >= 15 is 0 Å². The monoisotopic (exact) mass is 421 g/mol. The fourth-order valence-electron chi connectivity index (χ4n) is 4.24. The molecule has 0 radical (unpaired) electrons. The van der Waals surface area contributed by atoms with E-state index in [2.05, 4.69) is 0 Å². The van der Waals surface area contributed by atoms with Crippen LogP contribution in [0.2, 0.25) is 0 Å². The molecule has 1 fully saturated rings. The zero-order valence-corrected chi connectivity index (χ0v) is 16.8. The molecule has 1 aliphatic carbocycles. The number of sulfonamides is 1. The lowest BCUT2D eigenvalue weighted by molar-refractivity contribution is -0.137. The Bertz CT molecular complexity index is 1030. The topological polar surface area (TPSA) is 37.4 Å². The Labute approximate surface area is 168 Å². The molecule has 0 bridgehead atoms. The quantitative estimate of drug-likeness (QED) is 0.603. The molecule has 2 atom stereocenters. The van der Waals surface area contributed by atoms with Gasteiger partial charge in [-0.25, -0.2) is 8.42 Å². The van der Waals surface area contributed by atoms with Gasteiger partial charge in [-0.05, 0) is 56.0 Å². The number of fused-ring (bicyclic) bond motifs is 1. The molecular weight excluding hydrogens is 399 g/mol. The molecule has 0 spiro atoms. The highest BCUT2D eigenvalue weighted by atomic mass is 32.2. The van der Waals surface area contributed by atoms with E-state index < -0.39 is 27.8 Å². The highest BCUT2D eigenvalue weighted by molar-refractivity contribution is 7.89. The molecule has 154 valence electrons. The van der Waals surface area contributed by atoms with Crippen LogP contribution >= 0.6 is 0 Å². The van der Waals surface area contributed by atoms with Gasteiger partial charge in [-0.3, -0.25) is 0 Å². The van der Waals surface area contributed by atoms with Crippen LogP contribution in [0.1, 0.15) is 48.4 Å². The minimum absolute atomic E-state index is 0.209. The maximum atomic E-state index is 13.5. The average Bonchev–Trinajstić information content (AvgIpc) is 3.08. The van der Waals surface area contributed by atoms with Crippen molar-refractivity contribution in [1.29, 1.82) is 0 Å². The summed E-state index contributed by atoms with van der Waals surface area (Å²) in [4.78, 5) is 0.209. The minimum Gasteiger partial charge on any atom is -0.207 e. The molecule has 0 aromatic heterocycles. The summed E-state index contributed by atoms with van der Waals surface area (Å²) in [5.41, 5.74) is 1.84. The van der Waals surface area contributed by atoms with Crippen molar-refractivity contribution in [2.75, 3.05) is 0 Å². The van der Waals surface area contributed by atoms with E-state index in [4.69, 9.17) is 0 Å². The highest BCUT2D eigenvalue weighted by Gasteiger charge is 2.44. The summed E-state index contributed by atoms with van der Waals surface area (Å²) in [6, 6.07) is 10.7. The minimum atomic E-state index is -4.42. The van der Waals surface area contributed by atoms with Crippen molar-refractivity contribution in [3.8, 4) is 0 Å². The van der Waals surface area contributed by atoms with Gasteiger partial charge in [0.1, 0.15) is 0 Å². The molecule has 2 aromatic carbocycles. The lowest BCUT2D eigenvalue weighted by Gasteiger charge is -2.33. The second-order valence-corrected chi connectivity index (χ2v) is 9.56. The van der Waals surface area contributed by atoms with Crippen LogP contribution in [0.3, 0.4) is 0 Å². The molecule has 1 saturated carbocycles. The summed E-state index contributed by atoms with van der Waals surface area (Å²) in [6.07, 6.45) is 0.990. The number of halogens is 3. The number of aryl methyl sites for hydroxylation is 1. The van der Waals surface area contributed by atoms with Gasteiger partial charge in [0.05, 0.1) is 16.5 Å². The molecule has 3 nitrogen and oxygen atoms in total. The van der Waals surface area contributed by atoms with Crippen LogP contribution in [0.4, 0.5) is 13.2 Å². The first-order valence-electron chi connectivity index (χ1n) is 9.66. The van der Waals surface area contributed by atoms with E-state index in [1.54, 1.807) is 24.3 Å². The van der Waals surface area contributed by atoms with Gasteiger partial charge in [-0.2, -0.15) is 17.5 Å². The molecule has 0 saturated heterocycles. The van der Waals surface area contributed by atoms with Crippen LogP contribution in [0.5, 0.6) is 0 Å². The predicted octanol–water partition coefficient (Wildman–Crippen LogP) is 5.63. The molecule has 0 unspecified atom stereocenters. The third-order valence-corrected chi connectivity index (χ3v) is 7.65. The number of alkyl halides is 3. The summed E-state index contributed by atoms with van der Waals surface area (Å²) >= 11 is 0. The first-order chi connectivity index (χ1) is 13.7. The summed E-state index contributed by atoms with van der Waals surface area (Å²) in [5, 5.41) is 0. The predicted molar refractivity (Wildman–Crippen MR) is 105 cm³/mol. The maximum Gasteiger partial charge on any atom is 0.416 e. The van der Waals surface area contributed by atoms with Gasteiger partial charge in [0.25, 0.3) is 0 Å². The fraction of sp³-hybridized carbons (Fsp3) is 0.364. The molecular formula is C22H22F3NO2S. The lowest BCUT2D eigenvalue weighted by Crippen LogP contribution is -2.40. The Kier molecular flexibility index (Phi) is 5.07. The van der Waals surface area contributed by atoms with Gasteiger partial charge in [-0.1, -0.05) is 47.9 Å². The van der Waals surface area contributed by atoms with Crippen molar-refractivity contribution in [2.45, 2.75) is 55.8 Å². The van der Waals surface area contributed by atoms with Crippen molar-refractivity contribution in [3.05, 3.63) is 76.9 Å². The van der Waals surface area contributed by atoms with Gasteiger partial charge >= 0.3 is 6.18 Å². The normalized spacial score (nSPS) is 23.0. The molecule has 0 amide bonds. The Morgan fingerprint density at radius 1 is 0.966 bits per heavy atom. The van der Waals surface area contributed by atoms with E-state index in [1.165, 1.54) is 16.4 Å². The largest absolute Gasteiger partial charge is 0.416 e. The standard InChI is InChI=1S/C22H22F3NO2S/c1-15-6-12-19(13-7-15)29(27,28)26-20-5-3-2-4-17(20)14-21(26)16-8-10-18(11-9-16)22(23,24)25/h6-14,20-21H,2-5H2,1H3/t20-,21-/m0/s1. The van der Waals surface area contributed by atoms with Gasteiger partial charge in [0.2, 0.25) is 10.0 Å². The van der Waals surface area contributed by atoms with E-state index in [0.717, 1.165) is 49.0 Å². The SMILES string of the molecule is Cc1ccc(S(=O)(=O)N2[C@H]3CCCCC3=C[C@H]2c2ccc(C(F)(F)F)cc2)cc1. The van der Waals surface area contributed by atoms with Gasteiger partial charge in [-0.15, -0.1) is 0 Å². The van der Waals surface area contributed by atoms with E-state index in [9.17, 15) is 21.6 Å². The molecule has 1 heterocycles. The van der Waals surface area contributed by atoms with Crippen molar-refractivity contribution in [3.63, 3.8) is 0 Å². The van der Waals surface area contributed by atoms with E-state index in [0.29, 0.717) is 5.56 Å². The number of benzene rings is 2. The summed E-state index contributed by atoms with van der Waals surface area (Å²) < 4.78 is 67.4. The second kappa shape index (κ2) is 7.29. The van der Waals surface area contributed by atoms with Gasteiger partial charge < -0.3 is 0 Å². The van der Waals surface area contributed by atoms with Crippen LogP contribution in [0, 0.1) is 6.92 Å². The van der Waals surface area contributed by atoms with Crippen LogP contribution in [0.25, 0.3) is 0 Å². The van der Waals surface area contributed by atoms with Crippen molar-refractivity contribution >= 4 is 10.0 Å². The smallest absolute Gasteiger partial charge is 0.207 e. The van der Waals surface area contributed by atoms with E-state index in [1.807, 2.05) is 13.0 Å². The Balaban J connectivity index is 1.76. The number of nitrogens with zero attached hydrogens (tertiary/aromatic N) is 1. The van der Waals surface area contributed by atoms with Crippen LogP contribution in [-0.4, -0.2) is 18.8 Å². The summed E-state index contributed by atoms with van der Waals surface area (Å²) in [7, 11) is -3.80. The second-order valence-electron chi connectivity index (χ2n) is 7.72. The lowest BCUT2D eigenvalue weighted by atomic mass is 9.92. The Hall–Kier alpha value is -2.12. The van der Waals surface area contributed by atoms with E-state index in [-0.39, 0.29) is 10.9 Å². The van der Waals surface area contributed by atoms with Crippen LogP contribution < -0.4 is 0 Å². The zero-order chi connectivity index (χ0) is 20.8. The summed E-state index contributed by atoms with van der Waals surface area (Å²) in [5.74, 6) is 0. The fourth-order valence-corrected chi connectivity index (χ4v) is 6.02. The highest BCUT2D eigenvalue weighted by Crippen LogP contribution is 2.45. The maximum absolute atomic E-state index is 13.5. The van der Waals surface area contributed by atoms with Crippen molar-refractivity contribution in [1.82, 2.24) is 4.31 Å². The molecule has 0 N–H and O–H groups in total. The first-order valence-corrected chi connectivity index (χ1v) is 11.1. The van der Waals surface area contributed by atoms with Gasteiger partial charge in [0, 0.05) is 6.04 Å². The zero-order valence-electron chi connectivity index (χ0n) is 16.0. The molecule has 1 aliphatic heterocycles.